The van der Waals surface area contributed by atoms with Gasteiger partial charge >= 0.3 is 0 Å². The predicted octanol–water partition coefficient (Wildman–Crippen LogP) is 5.57. The van der Waals surface area contributed by atoms with Gasteiger partial charge in [-0.15, -0.1) is 0 Å². The van der Waals surface area contributed by atoms with E-state index in [1.807, 2.05) is 0 Å². The van der Waals surface area contributed by atoms with Gasteiger partial charge in [0.05, 0.1) is 0 Å². The van der Waals surface area contributed by atoms with Crippen molar-refractivity contribution in [2.24, 2.45) is 11.3 Å². The van der Waals surface area contributed by atoms with E-state index in [9.17, 15) is 4.79 Å². The lowest BCUT2D eigenvalue weighted by molar-refractivity contribution is -0.124. The zero-order valence-electron chi connectivity index (χ0n) is 15.3. The Morgan fingerprint density at radius 3 is 2.43 bits per heavy atom. The lowest BCUT2D eigenvalue weighted by Crippen LogP contribution is -2.41. The van der Waals surface area contributed by atoms with Gasteiger partial charge < -0.3 is 4.43 Å². The lowest BCUT2D eigenvalue weighted by Gasteiger charge is -2.38. The molecular formula is C18H36O2Si. The monoisotopic (exact) mass is 312 g/mol. The van der Waals surface area contributed by atoms with Gasteiger partial charge in [0, 0.05) is 19.4 Å². The van der Waals surface area contributed by atoms with Gasteiger partial charge in [-0.05, 0) is 48.7 Å². The van der Waals surface area contributed by atoms with Crippen LogP contribution in [0, 0.1) is 11.3 Å². The van der Waals surface area contributed by atoms with Gasteiger partial charge in [0.25, 0.3) is 0 Å². The van der Waals surface area contributed by atoms with Crippen LogP contribution in [0.2, 0.25) is 18.1 Å². The second kappa shape index (κ2) is 6.95. The number of hydrogen-bond acceptors (Lipinski definition) is 2. The van der Waals surface area contributed by atoms with E-state index in [4.69, 9.17) is 4.43 Å². The molecule has 21 heavy (non-hydrogen) atoms. The smallest absolute Gasteiger partial charge is 0.191 e. The lowest BCUT2D eigenvalue weighted by atomic mass is 9.67. The first kappa shape index (κ1) is 18.9. The zero-order chi connectivity index (χ0) is 16.3. The van der Waals surface area contributed by atoms with E-state index in [0.717, 1.165) is 32.3 Å². The molecule has 0 radical (unpaired) electrons. The Morgan fingerprint density at radius 1 is 1.24 bits per heavy atom. The first-order valence-electron chi connectivity index (χ1n) is 8.61. The number of carbonyl (C=O) groups is 1. The third-order valence-corrected chi connectivity index (χ3v) is 10.4. The van der Waals surface area contributed by atoms with Crippen LogP contribution in [0.3, 0.4) is 0 Å². The fourth-order valence-corrected chi connectivity index (χ4v) is 3.94. The van der Waals surface area contributed by atoms with Gasteiger partial charge in [0.2, 0.25) is 0 Å². The van der Waals surface area contributed by atoms with E-state index in [2.05, 4.69) is 47.7 Å². The van der Waals surface area contributed by atoms with Gasteiger partial charge in [-0.1, -0.05) is 41.0 Å². The van der Waals surface area contributed by atoms with Crippen molar-refractivity contribution in [3.05, 3.63) is 0 Å². The Hall–Kier alpha value is -0.153. The summed E-state index contributed by atoms with van der Waals surface area (Å²) in [6, 6.07) is 0. The summed E-state index contributed by atoms with van der Waals surface area (Å²) in [7, 11) is -1.59. The molecule has 0 amide bonds. The van der Waals surface area contributed by atoms with Crippen molar-refractivity contribution < 1.29 is 9.22 Å². The van der Waals surface area contributed by atoms with Gasteiger partial charge in [0.15, 0.2) is 8.32 Å². The van der Waals surface area contributed by atoms with Crippen molar-refractivity contribution in [1.82, 2.24) is 0 Å². The Labute approximate surface area is 133 Å². The Balaban J connectivity index is 2.29. The maximum absolute atomic E-state index is 11.7. The number of hydrogen-bond donors (Lipinski definition) is 0. The van der Waals surface area contributed by atoms with Gasteiger partial charge in [0.1, 0.15) is 5.78 Å². The third kappa shape index (κ3) is 5.52. The largest absolute Gasteiger partial charge is 0.417 e. The average molecular weight is 313 g/mol. The van der Waals surface area contributed by atoms with E-state index in [-0.39, 0.29) is 0 Å². The minimum Gasteiger partial charge on any atom is -0.417 e. The fraction of sp³-hybridized carbons (Fsp3) is 0.944. The quantitative estimate of drug-likeness (QED) is 0.473. The van der Waals surface area contributed by atoms with Crippen LogP contribution in [-0.2, 0) is 9.22 Å². The van der Waals surface area contributed by atoms with Crippen LogP contribution in [0.1, 0.15) is 73.1 Å². The van der Waals surface area contributed by atoms with Crippen molar-refractivity contribution in [1.29, 1.82) is 0 Å². The molecule has 124 valence electrons. The first-order chi connectivity index (χ1) is 9.46. The Kier molecular flexibility index (Phi) is 6.25. The molecule has 0 aromatic rings. The average Bonchev–Trinajstić information content (AvgIpc) is 2.32. The molecule has 3 heteroatoms. The van der Waals surface area contributed by atoms with E-state index < -0.39 is 8.32 Å². The summed E-state index contributed by atoms with van der Waals surface area (Å²) < 4.78 is 6.23. The molecule has 1 rings (SSSR count). The van der Waals surface area contributed by atoms with E-state index in [1.165, 1.54) is 12.8 Å². The molecule has 0 spiro atoms. The second-order valence-electron chi connectivity index (χ2n) is 9.03. The van der Waals surface area contributed by atoms with Crippen LogP contribution < -0.4 is 0 Å². The van der Waals surface area contributed by atoms with E-state index >= 15 is 0 Å². The van der Waals surface area contributed by atoms with Gasteiger partial charge in [-0.25, -0.2) is 0 Å². The molecule has 0 unspecified atom stereocenters. The number of unbranched alkanes of at least 4 members (excludes halogenated alkanes) is 1. The van der Waals surface area contributed by atoms with Crippen LogP contribution in [0.25, 0.3) is 0 Å². The topological polar surface area (TPSA) is 26.3 Å². The molecule has 1 aliphatic rings. The number of Topliss-reactive ketones (excluding diaryl/α,β-unsaturated/α-hetero) is 1. The minimum absolute atomic E-state index is 0.296. The molecule has 0 N–H and O–H groups in total. The summed E-state index contributed by atoms with van der Waals surface area (Å²) in [4.78, 5) is 11.7. The summed E-state index contributed by atoms with van der Waals surface area (Å²) in [6.45, 7) is 17.0. The molecule has 2 nitrogen and oxygen atoms in total. The molecule has 1 atom stereocenters. The molecular weight excluding hydrogens is 276 g/mol. The molecule has 0 saturated heterocycles. The molecule has 0 heterocycles. The van der Waals surface area contributed by atoms with Crippen LogP contribution in [0.15, 0.2) is 0 Å². The molecule has 1 saturated carbocycles. The maximum atomic E-state index is 11.7. The van der Waals surface area contributed by atoms with Crippen LogP contribution in [0.5, 0.6) is 0 Å². The molecule has 0 aromatic carbocycles. The highest BCUT2D eigenvalue weighted by atomic mass is 28.4. The van der Waals surface area contributed by atoms with Crippen molar-refractivity contribution in [2.75, 3.05) is 6.61 Å². The van der Waals surface area contributed by atoms with Gasteiger partial charge in [-0.2, -0.15) is 0 Å². The maximum Gasteiger partial charge on any atom is 0.191 e. The first-order valence-corrected chi connectivity index (χ1v) is 11.5. The highest BCUT2D eigenvalue weighted by molar-refractivity contribution is 6.74. The van der Waals surface area contributed by atoms with Crippen molar-refractivity contribution in [2.45, 2.75) is 91.3 Å². The predicted molar refractivity (Wildman–Crippen MR) is 93.1 cm³/mol. The van der Waals surface area contributed by atoms with E-state index in [0.29, 0.717) is 22.2 Å². The molecule has 0 aromatic heterocycles. The van der Waals surface area contributed by atoms with Crippen molar-refractivity contribution >= 4 is 14.1 Å². The molecule has 0 aliphatic heterocycles. The highest BCUT2D eigenvalue weighted by Crippen LogP contribution is 2.42. The Bertz CT molecular complexity index is 353. The van der Waals surface area contributed by atoms with Crippen LogP contribution >= 0.6 is 0 Å². The zero-order valence-corrected chi connectivity index (χ0v) is 16.3. The standard InChI is InChI=1S/C18H36O2Si/c1-17(2,3)21(6,7)20-13-9-8-10-15-14-16(19)11-12-18(15,4)5/h15H,8-14H2,1-7H3/t15-/m1/s1. The minimum atomic E-state index is -1.59. The second-order valence-corrected chi connectivity index (χ2v) is 13.8. The van der Waals surface area contributed by atoms with Crippen molar-refractivity contribution in [3.8, 4) is 0 Å². The summed E-state index contributed by atoms with van der Waals surface area (Å²) >= 11 is 0. The molecule has 1 aliphatic carbocycles. The van der Waals surface area contributed by atoms with Crippen LogP contribution in [-0.4, -0.2) is 20.7 Å². The Morgan fingerprint density at radius 2 is 1.86 bits per heavy atom. The summed E-state index contributed by atoms with van der Waals surface area (Å²) in [5.74, 6) is 1.04. The SMILES string of the molecule is CC1(C)CCC(=O)C[C@H]1CCCCO[Si](C)(C)C(C)(C)C. The van der Waals surface area contributed by atoms with Crippen molar-refractivity contribution in [3.63, 3.8) is 0 Å². The highest BCUT2D eigenvalue weighted by Gasteiger charge is 2.37. The van der Waals surface area contributed by atoms with E-state index in [1.54, 1.807) is 0 Å². The van der Waals surface area contributed by atoms with Crippen LogP contribution in [0.4, 0.5) is 0 Å². The normalized spacial score (nSPS) is 23.4. The molecule has 0 bridgehead atoms. The third-order valence-electron chi connectivity index (χ3n) is 5.84. The number of ketones is 1. The molecule has 1 fully saturated rings. The number of rotatable bonds is 6. The summed E-state index contributed by atoms with van der Waals surface area (Å²) in [5.41, 5.74) is 0.341. The summed E-state index contributed by atoms with van der Waals surface area (Å²) in [5, 5.41) is 0.296. The number of carbonyl (C=O) groups excluding carboxylic acids is 1. The fourth-order valence-electron chi connectivity index (χ4n) is 2.85. The summed E-state index contributed by atoms with van der Waals surface area (Å²) in [6.07, 6.45) is 6.16. The van der Waals surface area contributed by atoms with Gasteiger partial charge in [-0.3, -0.25) is 4.79 Å².